The number of carbonyl (C=O) groups is 1. The maximum absolute atomic E-state index is 11.5. The molecule has 0 spiro atoms. The van der Waals surface area contributed by atoms with Crippen molar-refractivity contribution >= 4 is 46.2 Å². The fraction of sp³-hybridized carbons (Fsp3) is 0.312. The summed E-state index contributed by atoms with van der Waals surface area (Å²) in [5.41, 5.74) is 0.898. The number of carbonyl (C=O) groups excluding carboxylic acids is 1. The minimum atomic E-state index is -0.262. The van der Waals surface area contributed by atoms with E-state index in [9.17, 15) is 4.79 Å². The van der Waals surface area contributed by atoms with Crippen LogP contribution >= 0.6 is 35.2 Å². The lowest BCUT2D eigenvalue weighted by Gasteiger charge is -2.26. The van der Waals surface area contributed by atoms with Crippen LogP contribution in [-0.2, 0) is 9.53 Å². The van der Waals surface area contributed by atoms with Crippen molar-refractivity contribution in [3.8, 4) is 0 Å². The van der Waals surface area contributed by atoms with Crippen LogP contribution in [0.25, 0.3) is 0 Å². The van der Waals surface area contributed by atoms with Crippen LogP contribution in [0.2, 0.25) is 4.34 Å². The Balaban J connectivity index is 1.92. The maximum atomic E-state index is 11.5. The Kier molecular flexibility index (Phi) is 5.33. The van der Waals surface area contributed by atoms with Crippen molar-refractivity contribution in [1.82, 2.24) is 15.2 Å². The lowest BCUT2D eigenvalue weighted by molar-refractivity contribution is -0.140. The highest BCUT2D eigenvalue weighted by molar-refractivity contribution is 7.80. The van der Waals surface area contributed by atoms with Gasteiger partial charge in [0.1, 0.15) is 0 Å². The Morgan fingerprint density at radius 2 is 2.29 bits per heavy atom. The molecule has 0 amide bonds. The van der Waals surface area contributed by atoms with Crippen LogP contribution in [0.5, 0.6) is 0 Å². The summed E-state index contributed by atoms with van der Waals surface area (Å²) < 4.78 is 5.46. The van der Waals surface area contributed by atoms with Crippen LogP contribution in [0, 0.1) is 0 Å². The van der Waals surface area contributed by atoms with E-state index in [2.05, 4.69) is 10.3 Å². The molecule has 0 aliphatic carbocycles. The maximum Gasteiger partial charge on any atom is 0.307 e. The van der Waals surface area contributed by atoms with Gasteiger partial charge in [0.25, 0.3) is 0 Å². The van der Waals surface area contributed by atoms with Gasteiger partial charge in [-0.1, -0.05) is 17.7 Å². The molecule has 1 fully saturated rings. The molecule has 0 aromatic carbocycles. The molecule has 2 aromatic rings. The predicted molar refractivity (Wildman–Crippen MR) is 98.1 cm³/mol. The molecule has 1 N–H and O–H groups in total. The molecule has 8 heteroatoms. The number of rotatable bonds is 5. The summed E-state index contributed by atoms with van der Waals surface area (Å²) in [7, 11) is 1.39. The molecule has 3 heterocycles. The summed E-state index contributed by atoms with van der Waals surface area (Å²) in [4.78, 5) is 19.1. The van der Waals surface area contributed by atoms with Crippen molar-refractivity contribution in [2.75, 3.05) is 13.7 Å². The lowest BCUT2D eigenvalue weighted by Crippen LogP contribution is -2.31. The Morgan fingerprint density at radius 3 is 2.92 bits per heavy atom. The third kappa shape index (κ3) is 3.53. The molecule has 0 saturated carbocycles. The molecule has 2 aromatic heterocycles. The number of thiocarbonyl (C=S) groups is 1. The standard InChI is InChI=1S/C16H16ClN3O2S2/c1-22-13(21)7-9-20-15(11-5-6-12(17)24-11)14(19-16(20)23)10-4-2-3-8-18-10/h2-6,8,14-15H,7,9H2,1H3,(H,19,23). The second-order valence-electron chi connectivity index (χ2n) is 5.29. The van der Waals surface area contributed by atoms with Crippen LogP contribution in [-0.4, -0.2) is 34.6 Å². The number of aromatic nitrogens is 1. The molecule has 1 saturated heterocycles. The van der Waals surface area contributed by atoms with E-state index in [0.29, 0.717) is 11.7 Å². The number of methoxy groups -OCH3 is 1. The second-order valence-corrected chi connectivity index (χ2v) is 7.42. The second kappa shape index (κ2) is 7.46. The Hall–Kier alpha value is -1.70. The molecular formula is C16H16ClN3O2S2. The summed E-state index contributed by atoms with van der Waals surface area (Å²) in [5, 5.41) is 3.93. The molecule has 0 bridgehead atoms. The molecule has 0 radical (unpaired) electrons. The Bertz CT molecular complexity index is 738. The minimum absolute atomic E-state index is 0.0606. The van der Waals surface area contributed by atoms with Crippen LogP contribution < -0.4 is 5.32 Å². The van der Waals surface area contributed by atoms with E-state index in [4.69, 9.17) is 28.6 Å². The average molecular weight is 382 g/mol. The van der Waals surface area contributed by atoms with Crippen LogP contribution in [0.15, 0.2) is 36.5 Å². The highest BCUT2D eigenvalue weighted by Gasteiger charge is 2.40. The molecule has 2 unspecified atom stereocenters. The predicted octanol–water partition coefficient (Wildman–Crippen LogP) is 3.33. The van der Waals surface area contributed by atoms with E-state index < -0.39 is 0 Å². The molecule has 5 nitrogen and oxygen atoms in total. The normalized spacial score (nSPS) is 20.1. The number of nitrogens with one attached hydrogen (secondary N) is 1. The van der Waals surface area contributed by atoms with E-state index >= 15 is 0 Å². The van der Waals surface area contributed by atoms with Crippen molar-refractivity contribution in [3.05, 3.63) is 51.4 Å². The van der Waals surface area contributed by atoms with Crippen molar-refractivity contribution < 1.29 is 9.53 Å². The molecule has 1 aliphatic rings. The topological polar surface area (TPSA) is 54.5 Å². The summed E-state index contributed by atoms with van der Waals surface area (Å²) in [6.45, 7) is 0.474. The van der Waals surface area contributed by atoms with E-state index in [-0.39, 0.29) is 24.5 Å². The van der Waals surface area contributed by atoms with Crippen molar-refractivity contribution in [2.45, 2.75) is 18.5 Å². The lowest BCUT2D eigenvalue weighted by atomic mass is 10.0. The first-order chi connectivity index (χ1) is 11.6. The molecular weight excluding hydrogens is 366 g/mol. The number of ether oxygens (including phenoxy) is 1. The highest BCUT2D eigenvalue weighted by atomic mass is 35.5. The van der Waals surface area contributed by atoms with Gasteiger partial charge in [0.2, 0.25) is 0 Å². The molecule has 126 valence electrons. The third-order valence-corrected chi connectivity index (χ3v) is 5.52. The summed E-state index contributed by atoms with van der Waals surface area (Å²) >= 11 is 13.1. The smallest absolute Gasteiger partial charge is 0.307 e. The van der Waals surface area contributed by atoms with Gasteiger partial charge in [-0.15, -0.1) is 11.3 Å². The average Bonchev–Trinajstić information content (AvgIpc) is 3.16. The number of esters is 1. The summed E-state index contributed by atoms with van der Waals surface area (Å²) in [6.07, 6.45) is 2.03. The molecule has 3 rings (SSSR count). The van der Waals surface area contributed by atoms with E-state index in [1.165, 1.54) is 18.4 Å². The third-order valence-electron chi connectivity index (χ3n) is 3.87. The van der Waals surface area contributed by atoms with Gasteiger partial charge in [-0.25, -0.2) is 0 Å². The quantitative estimate of drug-likeness (QED) is 0.633. The van der Waals surface area contributed by atoms with Gasteiger partial charge in [-0.05, 0) is 36.5 Å². The van der Waals surface area contributed by atoms with Gasteiger partial charge in [0.15, 0.2) is 5.11 Å². The van der Waals surface area contributed by atoms with Gasteiger partial charge < -0.3 is 15.0 Å². The summed E-state index contributed by atoms with van der Waals surface area (Å²) in [5.74, 6) is -0.262. The largest absolute Gasteiger partial charge is 0.469 e. The van der Waals surface area contributed by atoms with Gasteiger partial charge >= 0.3 is 5.97 Å². The number of halogens is 1. The first-order valence-electron chi connectivity index (χ1n) is 7.40. The zero-order valence-corrected chi connectivity index (χ0v) is 15.3. The molecule has 2 atom stereocenters. The van der Waals surface area contributed by atoms with Gasteiger partial charge in [-0.2, -0.15) is 0 Å². The number of pyridine rings is 1. The minimum Gasteiger partial charge on any atom is -0.469 e. The van der Waals surface area contributed by atoms with Gasteiger partial charge in [0, 0.05) is 17.6 Å². The SMILES string of the molecule is COC(=O)CCN1C(=S)NC(c2ccccn2)C1c1ccc(Cl)s1. The van der Waals surface area contributed by atoms with Gasteiger partial charge in [-0.3, -0.25) is 9.78 Å². The number of hydrogen-bond donors (Lipinski definition) is 1. The Labute approximate surface area is 154 Å². The number of nitrogens with zero attached hydrogens (tertiary/aromatic N) is 2. The van der Waals surface area contributed by atoms with Crippen molar-refractivity contribution in [1.29, 1.82) is 0 Å². The fourth-order valence-corrected chi connectivity index (χ4v) is 4.30. The van der Waals surface area contributed by atoms with Crippen LogP contribution in [0.1, 0.15) is 29.1 Å². The highest BCUT2D eigenvalue weighted by Crippen LogP contribution is 2.42. The molecule has 24 heavy (non-hydrogen) atoms. The zero-order valence-electron chi connectivity index (χ0n) is 12.9. The van der Waals surface area contributed by atoms with Gasteiger partial charge in [0.05, 0.1) is 35.6 Å². The van der Waals surface area contributed by atoms with Crippen molar-refractivity contribution in [3.63, 3.8) is 0 Å². The van der Waals surface area contributed by atoms with Crippen molar-refractivity contribution in [2.24, 2.45) is 0 Å². The van der Waals surface area contributed by atoms with E-state index in [1.54, 1.807) is 6.20 Å². The summed E-state index contributed by atoms with van der Waals surface area (Å²) in [6, 6.07) is 9.50. The first kappa shape index (κ1) is 17.1. The zero-order chi connectivity index (χ0) is 17.1. The number of hydrogen-bond acceptors (Lipinski definition) is 5. The van der Waals surface area contributed by atoms with Crippen LogP contribution in [0.4, 0.5) is 0 Å². The number of thiophene rings is 1. The van der Waals surface area contributed by atoms with E-state index in [0.717, 1.165) is 14.9 Å². The Morgan fingerprint density at radius 1 is 1.46 bits per heavy atom. The monoisotopic (exact) mass is 381 g/mol. The molecule has 1 aliphatic heterocycles. The van der Waals surface area contributed by atoms with Crippen LogP contribution in [0.3, 0.4) is 0 Å². The van der Waals surface area contributed by atoms with E-state index in [1.807, 2.05) is 35.2 Å². The fourth-order valence-electron chi connectivity index (χ4n) is 2.76. The first-order valence-corrected chi connectivity index (χ1v) is 9.00.